The number of aromatic nitrogens is 1. The maximum Gasteiger partial charge on any atom is 0.266 e. The molecule has 1 N–H and O–H groups in total. The zero-order chi connectivity index (χ0) is 21.0. The van der Waals surface area contributed by atoms with Crippen LogP contribution in [0.15, 0.2) is 60.2 Å². The molecular formula is C23H20ClN3O2. The number of anilines is 1. The summed E-state index contributed by atoms with van der Waals surface area (Å²) in [5, 5.41) is 12.8. The summed E-state index contributed by atoms with van der Waals surface area (Å²) in [6.07, 6.45) is 1.60. The smallest absolute Gasteiger partial charge is 0.266 e. The van der Waals surface area contributed by atoms with E-state index in [0.29, 0.717) is 10.7 Å². The summed E-state index contributed by atoms with van der Waals surface area (Å²) >= 11 is 5.86. The van der Waals surface area contributed by atoms with E-state index in [9.17, 15) is 10.1 Å². The van der Waals surface area contributed by atoms with Crippen LogP contribution in [0.25, 0.3) is 11.8 Å². The van der Waals surface area contributed by atoms with Gasteiger partial charge in [-0.1, -0.05) is 11.6 Å². The number of nitrogens with one attached hydrogen (secondary N) is 1. The summed E-state index contributed by atoms with van der Waals surface area (Å²) in [4.78, 5) is 12.5. The molecule has 0 aliphatic heterocycles. The average molecular weight is 406 g/mol. The Morgan fingerprint density at radius 2 is 1.79 bits per heavy atom. The number of carbonyl (C=O) groups excluding carboxylic acids is 1. The first kappa shape index (κ1) is 20.2. The molecule has 3 rings (SSSR count). The number of benzene rings is 2. The minimum atomic E-state index is -0.468. The molecule has 0 saturated heterocycles. The van der Waals surface area contributed by atoms with Crippen molar-refractivity contribution in [1.82, 2.24) is 4.57 Å². The van der Waals surface area contributed by atoms with Crippen molar-refractivity contribution in [3.8, 4) is 17.5 Å². The van der Waals surface area contributed by atoms with E-state index in [0.717, 1.165) is 28.4 Å². The zero-order valence-corrected chi connectivity index (χ0v) is 17.1. The Labute approximate surface area is 174 Å². The second-order valence-corrected chi connectivity index (χ2v) is 6.93. The van der Waals surface area contributed by atoms with Crippen molar-refractivity contribution in [2.24, 2.45) is 0 Å². The molecule has 1 amide bonds. The van der Waals surface area contributed by atoms with Gasteiger partial charge in [0.15, 0.2) is 0 Å². The van der Waals surface area contributed by atoms with E-state index in [1.807, 2.05) is 50.2 Å². The highest BCUT2D eigenvalue weighted by Crippen LogP contribution is 2.24. The lowest BCUT2D eigenvalue weighted by Crippen LogP contribution is -2.13. The van der Waals surface area contributed by atoms with E-state index in [1.54, 1.807) is 37.5 Å². The quantitative estimate of drug-likeness (QED) is 0.462. The number of carbonyl (C=O) groups is 1. The van der Waals surface area contributed by atoms with Crippen LogP contribution in [-0.2, 0) is 4.79 Å². The first-order valence-corrected chi connectivity index (χ1v) is 9.33. The Bertz CT molecular complexity index is 1100. The van der Waals surface area contributed by atoms with Crippen molar-refractivity contribution in [2.45, 2.75) is 13.8 Å². The minimum Gasteiger partial charge on any atom is -0.497 e. The fourth-order valence-electron chi connectivity index (χ4n) is 3.10. The molecule has 0 radical (unpaired) electrons. The monoisotopic (exact) mass is 405 g/mol. The normalized spacial score (nSPS) is 11.1. The van der Waals surface area contributed by atoms with Crippen LogP contribution >= 0.6 is 11.6 Å². The summed E-state index contributed by atoms with van der Waals surface area (Å²) in [7, 11) is 1.63. The van der Waals surface area contributed by atoms with Gasteiger partial charge in [0.2, 0.25) is 0 Å². The number of halogens is 1. The van der Waals surface area contributed by atoms with Crippen LogP contribution in [0.5, 0.6) is 5.75 Å². The van der Waals surface area contributed by atoms with Crippen molar-refractivity contribution < 1.29 is 9.53 Å². The highest BCUT2D eigenvalue weighted by molar-refractivity contribution is 6.30. The molecule has 6 heteroatoms. The third-order valence-electron chi connectivity index (χ3n) is 4.57. The Balaban J connectivity index is 1.90. The van der Waals surface area contributed by atoms with Gasteiger partial charge in [-0.25, -0.2) is 0 Å². The lowest BCUT2D eigenvalue weighted by molar-refractivity contribution is -0.112. The molecule has 0 spiro atoms. The van der Waals surface area contributed by atoms with E-state index in [-0.39, 0.29) is 5.57 Å². The standard InChI is InChI=1S/C23H20ClN3O2/c1-15-12-17(16(2)27(15)21-8-10-22(29-3)11-9-21)13-18(14-25)23(28)26-20-6-4-19(24)5-7-20/h4-13H,1-3H3,(H,26,28)/b18-13-. The molecule has 0 fully saturated rings. The molecule has 5 nitrogen and oxygen atoms in total. The molecule has 3 aromatic rings. The zero-order valence-electron chi connectivity index (χ0n) is 16.4. The Morgan fingerprint density at radius 3 is 2.38 bits per heavy atom. The predicted molar refractivity (Wildman–Crippen MR) is 115 cm³/mol. The molecular weight excluding hydrogens is 386 g/mol. The maximum absolute atomic E-state index is 12.5. The number of aryl methyl sites for hydroxylation is 1. The fraction of sp³-hybridized carbons (Fsp3) is 0.130. The van der Waals surface area contributed by atoms with Crippen LogP contribution in [0.2, 0.25) is 5.02 Å². The Kier molecular flexibility index (Phi) is 6.06. The van der Waals surface area contributed by atoms with Gasteiger partial charge in [0.05, 0.1) is 7.11 Å². The topological polar surface area (TPSA) is 67.0 Å². The number of rotatable bonds is 5. The van der Waals surface area contributed by atoms with Crippen LogP contribution in [-0.4, -0.2) is 17.6 Å². The molecule has 146 valence electrons. The van der Waals surface area contributed by atoms with Gasteiger partial charge in [0.1, 0.15) is 17.4 Å². The molecule has 0 bridgehead atoms. The summed E-state index contributed by atoms with van der Waals surface area (Å²) in [5.41, 5.74) is 4.30. The highest BCUT2D eigenvalue weighted by atomic mass is 35.5. The Morgan fingerprint density at radius 1 is 1.14 bits per heavy atom. The fourth-order valence-corrected chi connectivity index (χ4v) is 3.22. The van der Waals surface area contributed by atoms with Gasteiger partial charge in [-0.3, -0.25) is 4.79 Å². The van der Waals surface area contributed by atoms with Gasteiger partial charge in [0.25, 0.3) is 5.91 Å². The molecule has 0 atom stereocenters. The second-order valence-electron chi connectivity index (χ2n) is 6.49. The summed E-state index contributed by atoms with van der Waals surface area (Å²) in [6, 6.07) is 18.4. The lowest BCUT2D eigenvalue weighted by atomic mass is 10.1. The molecule has 29 heavy (non-hydrogen) atoms. The minimum absolute atomic E-state index is 0.0231. The molecule has 0 aliphatic rings. The number of amides is 1. The number of ether oxygens (including phenoxy) is 1. The van der Waals surface area contributed by atoms with E-state index in [4.69, 9.17) is 16.3 Å². The number of nitriles is 1. The van der Waals surface area contributed by atoms with Crippen LogP contribution in [0.1, 0.15) is 17.0 Å². The molecule has 0 saturated carbocycles. The van der Waals surface area contributed by atoms with Gasteiger partial charge < -0.3 is 14.6 Å². The van der Waals surface area contributed by atoms with Crippen molar-refractivity contribution in [3.63, 3.8) is 0 Å². The van der Waals surface area contributed by atoms with Crippen LogP contribution in [0, 0.1) is 25.2 Å². The van der Waals surface area contributed by atoms with E-state index < -0.39 is 5.91 Å². The van der Waals surface area contributed by atoms with Gasteiger partial charge in [0, 0.05) is 27.8 Å². The van der Waals surface area contributed by atoms with Crippen molar-refractivity contribution in [2.75, 3.05) is 12.4 Å². The highest BCUT2D eigenvalue weighted by Gasteiger charge is 2.14. The maximum atomic E-state index is 12.5. The molecule has 0 aliphatic carbocycles. The molecule has 1 heterocycles. The van der Waals surface area contributed by atoms with Gasteiger partial charge in [-0.2, -0.15) is 5.26 Å². The van der Waals surface area contributed by atoms with Crippen molar-refractivity contribution >= 4 is 29.3 Å². The third kappa shape index (κ3) is 4.50. The lowest BCUT2D eigenvalue weighted by Gasteiger charge is -2.10. The summed E-state index contributed by atoms with van der Waals surface area (Å²) in [6.45, 7) is 3.93. The van der Waals surface area contributed by atoms with E-state index in [1.165, 1.54) is 0 Å². The Hall–Kier alpha value is -3.49. The predicted octanol–water partition coefficient (Wildman–Crippen LogP) is 5.30. The SMILES string of the molecule is COc1ccc(-n2c(C)cc(/C=C(/C#N)C(=O)Nc3ccc(Cl)cc3)c2C)cc1. The van der Waals surface area contributed by atoms with E-state index in [2.05, 4.69) is 9.88 Å². The number of methoxy groups -OCH3 is 1. The largest absolute Gasteiger partial charge is 0.497 e. The van der Waals surface area contributed by atoms with Gasteiger partial charge in [-0.15, -0.1) is 0 Å². The number of nitrogens with zero attached hydrogens (tertiary/aromatic N) is 2. The van der Waals surface area contributed by atoms with Crippen LogP contribution in [0.3, 0.4) is 0 Å². The number of hydrogen-bond donors (Lipinski definition) is 1. The van der Waals surface area contributed by atoms with Crippen LogP contribution in [0.4, 0.5) is 5.69 Å². The first-order chi connectivity index (χ1) is 13.9. The summed E-state index contributed by atoms with van der Waals surface area (Å²) in [5.74, 6) is 0.311. The number of hydrogen-bond acceptors (Lipinski definition) is 3. The van der Waals surface area contributed by atoms with Crippen molar-refractivity contribution in [1.29, 1.82) is 5.26 Å². The van der Waals surface area contributed by atoms with Crippen LogP contribution < -0.4 is 10.1 Å². The molecule has 2 aromatic carbocycles. The molecule has 0 unspecified atom stereocenters. The molecule has 1 aromatic heterocycles. The van der Waals surface area contributed by atoms with Crippen molar-refractivity contribution in [3.05, 3.63) is 82.1 Å². The van der Waals surface area contributed by atoms with Gasteiger partial charge >= 0.3 is 0 Å². The second kappa shape index (κ2) is 8.68. The summed E-state index contributed by atoms with van der Waals surface area (Å²) < 4.78 is 7.28. The first-order valence-electron chi connectivity index (χ1n) is 8.95. The third-order valence-corrected chi connectivity index (χ3v) is 4.82. The van der Waals surface area contributed by atoms with E-state index >= 15 is 0 Å². The van der Waals surface area contributed by atoms with Gasteiger partial charge in [-0.05, 0) is 80.1 Å². The average Bonchev–Trinajstić information content (AvgIpc) is 3.00.